The Bertz CT molecular complexity index is 504. The van der Waals surface area contributed by atoms with Gasteiger partial charge in [0, 0.05) is 23.0 Å². The van der Waals surface area contributed by atoms with Crippen molar-refractivity contribution in [1.82, 2.24) is 4.90 Å². The summed E-state index contributed by atoms with van der Waals surface area (Å²) in [5.74, 6) is -0.0385. The fourth-order valence-corrected chi connectivity index (χ4v) is 2.53. The van der Waals surface area contributed by atoms with Gasteiger partial charge in [-0.2, -0.15) is 0 Å². The molecule has 0 aliphatic carbocycles. The molecule has 0 radical (unpaired) electrons. The Morgan fingerprint density at radius 2 is 2.28 bits per heavy atom. The largest absolute Gasteiger partial charge is 0.278 e. The summed E-state index contributed by atoms with van der Waals surface area (Å²) in [6, 6.07) is 4.94. The van der Waals surface area contributed by atoms with Crippen LogP contribution in [0.15, 0.2) is 22.7 Å². The van der Waals surface area contributed by atoms with E-state index in [1.165, 1.54) is 4.90 Å². The standard InChI is InChI=1S/C13H13BrClNO2/c1-2-8-5-12(17)16(7-8)13(18)9-3-4-11(15)10(14)6-9/h3-4,6,8H,2,5,7H2,1H3. The lowest BCUT2D eigenvalue weighted by Gasteiger charge is -2.14. The molecule has 1 aliphatic rings. The molecule has 2 amide bonds. The van der Waals surface area contributed by atoms with Crippen LogP contribution in [0.4, 0.5) is 0 Å². The molecule has 0 N–H and O–H groups in total. The smallest absolute Gasteiger partial charge is 0.260 e. The van der Waals surface area contributed by atoms with Gasteiger partial charge in [-0.25, -0.2) is 0 Å². The first-order chi connectivity index (χ1) is 8.52. The molecule has 5 heteroatoms. The molecule has 1 aliphatic heterocycles. The van der Waals surface area contributed by atoms with E-state index in [1.807, 2.05) is 6.92 Å². The van der Waals surface area contributed by atoms with E-state index in [4.69, 9.17) is 11.6 Å². The lowest BCUT2D eigenvalue weighted by Crippen LogP contribution is -2.32. The Labute approximate surface area is 119 Å². The van der Waals surface area contributed by atoms with E-state index in [9.17, 15) is 9.59 Å². The first kappa shape index (κ1) is 13.6. The highest BCUT2D eigenvalue weighted by Gasteiger charge is 2.33. The summed E-state index contributed by atoms with van der Waals surface area (Å²) in [7, 11) is 0. The average molecular weight is 331 g/mol. The second-order valence-corrected chi connectivity index (χ2v) is 5.68. The van der Waals surface area contributed by atoms with E-state index in [2.05, 4.69) is 15.9 Å². The van der Waals surface area contributed by atoms with E-state index in [0.29, 0.717) is 28.0 Å². The van der Waals surface area contributed by atoms with Crippen molar-refractivity contribution in [3.8, 4) is 0 Å². The minimum absolute atomic E-state index is 0.0853. The van der Waals surface area contributed by atoms with Crippen molar-refractivity contribution in [2.24, 2.45) is 5.92 Å². The molecule has 1 unspecified atom stereocenters. The minimum Gasteiger partial charge on any atom is -0.278 e. The van der Waals surface area contributed by atoms with Gasteiger partial charge >= 0.3 is 0 Å². The Morgan fingerprint density at radius 3 is 2.83 bits per heavy atom. The normalized spacial score (nSPS) is 19.4. The highest BCUT2D eigenvalue weighted by molar-refractivity contribution is 9.10. The molecule has 0 saturated carbocycles. The number of benzene rings is 1. The molecular formula is C13H13BrClNO2. The summed E-state index contributed by atoms with van der Waals surface area (Å²) >= 11 is 9.16. The third-order valence-corrected chi connectivity index (χ3v) is 4.41. The van der Waals surface area contributed by atoms with Crippen LogP contribution in [0.25, 0.3) is 0 Å². The van der Waals surface area contributed by atoms with Gasteiger partial charge in [0.2, 0.25) is 5.91 Å². The predicted molar refractivity (Wildman–Crippen MR) is 73.6 cm³/mol. The molecule has 1 heterocycles. The number of amides is 2. The number of likely N-dealkylation sites (tertiary alicyclic amines) is 1. The van der Waals surface area contributed by atoms with Gasteiger partial charge in [-0.3, -0.25) is 14.5 Å². The maximum absolute atomic E-state index is 12.2. The van der Waals surface area contributed by atoms with E-state index in [1.54, 1.807) is 18.2 Å². The molecule has 3 nitrogen and oxygen atoms in total. The van der Waals surface area contributed by atoms with Gasteiger partial charge in [0.05, 0.1) is 5.02 Å². The Morgan fingerprint density at radius 1 is 1.56 bits per heavy atom. The van der Waals surface area contributed by atoms with Gasteiger partial charge in [-0.15, -0.1) is 0 Å². The molecule has 0 spiro atoms. The molecule has 18 heavy (non-hydrogen) atoms. The zero-order valence-electron chi connectivity index (χ0n) is 9.95. The maximum Gasteiger partial charge on any atom is 0.260 e. The van der Waals surface area contributed by atoms with Crippen LogP contribution < -0.4 is 0 Å². The van der Waals surface area contributed by atoms with Gasteiger partial charge in [0.25, 0.3) is 5.91 Å². The molecule has 1 saturated heterocycles. The van der Waals surface area contributed by atoms with Crippen molar-refractivity contribution in [2.75, 3.05) is 6.54 Å². The fraction of sp³-hybridized carbons (Fsp3) is 0.385. The molecule has 1 aromatic rings. The molecule has 0 aromatic heterocycles. The van der Waals surface area contributed by atoms with Gasteiger partial charge in [-0.05, 0) is 40.0 Å². The first-order valence-corrected chi connectivity index (χ1v) is 6.99. The summed E-state index contributed by atoms with van der Waals surface area (Å²) < 4.78 is 0.661. The third kappa shape index (κ3) is 2.59. The highest BCUT2D eigenvalue weighted by atomic mass is 79.9. The Kier molecular flexibility index (Phi) is 4.07. The number of hydrogen-bond donors (Lipinski definition) is 0. The fourth-order valence-electron chi connectivity index (χ4n) is 2.04. The number of nitrogens with zero attached hydrogens (tertiary/aromatic N) is 1. The second kappa shape index (κ2) is 5.41. The minimum atomic E-state index is -0.242. The number of halogens is 2. The summed E-state index contributed by atoms with van der Waals surface area (Å²) in [5, 5.41) is 0.547. The van der Waals surface area contributed by atoms with Crippen LogP contribution in [-0.4, -0.2) is 23.3 Å². The molecule has 0 bridgehead atoms. The van der Waals surface area contributed by atoms with Crippen molar-refractivity contribution < 1.29 is 9.59 Å². The first-order valence-electron chi connectivity index (χ1n) is 5.82. The summed E-state index contributed by atoms with van der Waals surface area (Å²) in [5.41, 5.74) is 0.483. The zero-order chi connectivity index (χ0) is 13.3. The summed E-state index contributed by atoms with van der Waals surface area (Å²) in [6.07, 6.45) is 1.39. The maximum atomic E-state index is 12.2. The number of rotatable bonds is 2. The second-order valence-electron chi connectivity index (χ2n) is 4.42. The molecular weight excluding hydrogens is 318 g/mol. The van der Waals surface area contributed by atoms with Gasteiger partial charge < -0.3 is 0 Å². The van der Waals surface area contributed by atoms with Crippen LogP contribution in [0, 0.1) is 5.92 Å². The van der Waals surface area contributed by atoms with Crippen molar-refractivity contribution in [3.05, 3.63) is 33.3 Å². The van der Waals surface area contributed by atoms with Crippen molar-refractivity contribution in [1.29, 1.82) is 0 Å². The van der Waals surface area contributed by atoms with Crippen LogP contribution in [0.5, 0.6) is 0 Å². The van der Waals surface area contributed by atoms with Crippen LogP contribution in [0.2, 0.25) is 5.02 Å². The van der Waals surface area contributed by atoms with Crippen LogP contribution in [-0.2, 0) is 4.79 Å². The van der Waals surface area contributed by atoms with Crippen molar-refractivity contribution >= 4 is 39.3 Å². The van der Waals surface area contributed by atoms with Gasteiger partial charge in [-0.1, -0.05) is 24.9 Å². The SMILES string of the molecule is CCC1CC(=O)N(C(=O)c2ccc(Cl)c(Br)c2)C1. The van der Waals surface area contributed by atoms with Gasteiger partial charge in [0.15, 0.2) is 0 Å². The predicted octanol–water partition coefficient (Wildman–Crippen LogP) is 3.50. The third-order valence-electron chi connectivity index (χ3n) is 3.19. The number of imide groups is 1. The van der Waals surface area contributed by atoms with Crippen LogP contribution in [0.1, 0.15) is 30.1 Å². The Hall–Kier alpha value is -0.870. The molecule has 1 atom stereocenters. The molecule has 2 rings (SSSR count). The zero-order valence-corrected chi connectivity index (χ0v) is 12.3. The lowest BCUT2D eigenvalue weighted by molar-refractivity contribution is -0.125. The van der Waals surface area contributed by atoms with E-state index >= 15 is 0 Å². The number of hydrogen-bond acceptors (Lipinski definition) is 2. The molecule has 1 aromatic carbocycles. The van der Waals surface area contributed by atoms with Crippen LogP contribution in [0.3, 0.4) is 0 Å². The monoisotopic (exact) mass is 329 g/mol. The lowest BCUT2D eigenvalue weighted by atomic mass is 10.1. The number of carbonyl (C=O) groups is 2. The van der Waals surface area contributed by atoms with E-state index in [-0.39, 0.29) is 17.7 Å². The summed E-state index contributed by atoms with van der Waals surface area (Å²) in [6.45, 7) is 2.55. The van der Waals surface area contributed by atoms with Crippen molar-refractivity contribution in [3.63, 3.8) is 0 Å². The van der Waals surface area contributed by atoms with Crippen LogP contribution >= 0.6 is 27.5 Å². The Balaban J connectivity index is 2.21. The topological polar surface area (TPSA) is 37.4 Å². The van der Waals surface area contributed by atoms with Gasteiger partial charge in [0.1, 0.15) is 0 Å². The molecule has 1 fully saturated rings. The van der Waals surface area contributed by atoms with E-state index < -0.39 is 0 Å². The highest BCUT2D eigenvalue weighted by Crippen LogP contribution is 2.26. The van der Waals surface area contributed by atoms with Crippen molar-refractivity contribution in [2.45, 2.75) is 19.8 Å². The average Bonchev–Trinajstić information content (AvgIpc) is 2.73. The quantitative estimate of drug-likeness (QED) is 0.778. The molecule has 96 valence electrons. The summed E-state index contributed by atoms with van der Waals surface area (Å²) in [4.78, 5) is 25.3. The van der Waals surface area contributed by atoms with E-state index in [0.717, 1.165) is 6.42 Å². The number of carbonyl (C=O) groups excluding carboxylic acids is 2.